The number of rotatable bonds is 2. The van der Waals surface area contributed by atoms with Gasteiger partial charge < -0.3 is 10.5 Å². The van der Waals surface area contributed by atoms with Crippen molar-refractivity contribution in [2.24, 2.45) is 0 Å². The highest BCUT2D eigenvalue weighted by molar-refractivity contribution is 5.46. The van der Waals surface area contributed by atoms with Gasteiger partial charge in [0.05, 0.1) is 5.56 Å². The molecule has 0 aliphatic rings. The number of para-hydroxylation sites is 1. The standard InChI is InChI=1S/C15H19N3O/c1-10-12(16)17-14(15(2,3)4)18-13(10)19-11-8-6-5-7-9-11/h5-9H,1-4H3,(H2,16,17,18). The number of benzene rings is 1. The van der Waals surface area contributed by atoms with Crippen LogP contribution in [0.2, 0.25) is 0 Å². The van der Waals surface area contributed by atoms with E-state index in [0.29, 0.717) is 17.5 Å². The summed E-state index contributed by atoms with van der Waals surface area (Å²) in [5, 5.41) is 0. The molecule has 0 saturated carbocycles. The fourth-order valence-electron chi connectivity index (χ4n) is 1.55. The van der Waals surface area contributed by atoms with Gasteiger partial charge in [0.2, 0.25) is 5.88 Å². The minimum atomic E-state index is -0.170. The van der Waals surface area contributed by atoms with Gasteiger partial charge in [-0.1, -0.05) is 39.0 Å². The maximum atomic E-state index is 5.94. The van der Waals surface area contributed by atoms with Crippen LogP contribution in [0.4, 0.5) is 5.82 Å². The molecular weight excluding hydrogens is 238 g/mol. The van der Waals surface area contributed by atoms with Crippen LogP contribution in [0.15, 0.2) is 30.3 Å². The summed E-state index contributed by atoms with van der Waals surface area (Å²) in [7, 11) is 0. The summed E-state index contributed by atoms with van der Waals surface area (Å²) in [5.41, 5.74) is 6.53. The third-order valence-corrected chi connectivity index (χ3v) is 2.77. The van der Waals surface area contributed by atoms with Gasteiger partial charge in [0, 0.05) is 5.41 Å². The summed E-state index contributed by atoms with van der Waals surface area (Å²) < 4.78 is 5.79. The van der Waals surface area contributed by atoms with Crippen molar-refractivity contribution in [3.8, 4) is 11.6 Å². The quantitative estimate of drug-likeness (QED) is 0.895. The summed E-state index contributed by atoms with van der Waals surface area (Å²) in [5.74, 6) is 2.40. The highest BCUT2D eigenvalue weighted by atomic mass is 16.5. The van der Waals surface area contributed by atoms with Crippen LogP contribution in [-0.2, 0) is 5.41 Å². The van der Waals surface area contributed by atoms with Crippen LogP contribution in [0.3, 0.4) is 0 Å². The van der Waals surface area contributed by atoms with Crippen LogP contribution in [-0.4, -0.2) is 9.97 Å². The monoisotopic (exact) mass is 257 g/mol. The van der Waals surface area contributed by atoms with E-state index >= 15 is 0 Å². The van der Waals surface area contributed by atoms with Crippen molar-refractivity contribution >= 4 is 5.82 Å². The molecule has 4 heteroatoms. The Morgan fingerprint density at radius 2 is 1.68 bits per heavy atom. The highest BCUT2D eigenvalue weighted by Crippen LogP contribution is 2.29. The molecule has 0 atom stereocenters. The second-order valence-electron chi connectivity index (χ2n) is 5.53. The second kappa shape index (κ2) is 4.88. The largest absolute Gasteiger partial charge is 0.439 e. The summed E-state index contributed by atoms with van der Waals surface area (Å²) in [6, 6.07) is 9.54. The number of nitrogen functional groups attached to an aromatic ring is 1. The third-order valence-electron chi connectivity index (χ3n) is 2.77. The normalized spacial score (nSPS) is 11.4. The molecule has 2 N–H and O–H groups in total. The Balaban J connectivity index is 2.42. The van der Waals surface area contributed by atoms with Crippen LogP contribution in [0.5, 0.6) is 11.6 Å². The lowest BCUT2D eigenvalue weighted by atomic mass is 9.95. The Bertz CT molecular complexity index is 574. The van der Waals surface area contributed by atoms with E-state index < -0.39 is 0 Å². The molecule has 100 valence electrons. The predicted octanol–water partition coefficient (Wildman–Crippen LogP) is 3.46. The molecule has 4 nitrogen and oxygen atoms in total. The summed E-state index contributed by atoms with van der Waals surface area (Å²) in [6.45, 7) is 8.00. The fraction of sp³-hybridized carbons (Fsp3) is 0.333. The number of hydrogen-bond acceptors (Lipinski definition) is 4. The molecule has 0 saturated heterocycles. The number of aromatic nitrogens is 2. The van der Waals surface area contributed by atoms with Gasteiger partial charge in [0.25, 0.3) is 0 Å². The molecule has 0 amide bonds. The molecule has 0 fully saturated rings. The van der Waals surface area contributed by atoms with Gasteiger partial charge in [0.15, 0.2) is 0 Å². The number of hydrogen-bond donors (Lipinski definition) is 1. The first-order valence-electron chi connectivity index (χ1n) is 6.25. The molecule has 2 aromatic rings. The Morgan fingerprint density at radius 1 is 1.05 bits per heavy atom. The van der Waals surface area contributed by atoms with Gasteiger partial charge in [-0.05, 0) is 19.1 Å². The van der Waals surface area contributed by atoms with Crippen molar-refractivity contribution in [2.75, 3.05) is 5.73 Å². The lowest BCUT2D eigenvalue weighted by Crippen LogP contribution is -2.18. The van der Waals surface area contributed by atoms with Crippen LogP contribution < -0.4 is 10.5 Å². The molecule has 19 heavy (non-hydrogen) atoms. The molecule has 0 unspecified atom stereocenters. The second-order valence-corrected chi connectivity index (χ2v) is 5.53. The van der Waals surface area contributed by atoms with Crippen molar-refractivity contribution in [1.29, 1.82) is 0 Å². The van der Waals surface area contributed by atoms with Gasteiger partial charge in [0.1, 0.15) is 17.4 Å². The smallest absolute Gasteiger partial charge is 0.227 e. The van der Waals surface area contributed by atoms with Gasteiger partial charge in [-0.15, -0.1) is 0 Å². The Hall–Kier alpha value is -2.10. The lowest BCUT2D eigenvalue weighted by Gasteiger charge is -2.19. The molecule has 0 radical (unpaired) electrons. The molecule has 0 spiro atoms. The van der Waals surface area contributed by atoms with E-state index in [4.69, 9.17) is 10.5 Å². The zero-order chi connectivity index (χ0) is 14.0. The SMILES string of the molecule is Cc1c(N)nc(C(C)(C)C)nc1Oc1ccccc1. The molecule has 0 aliphatic heterocycles. The lowest BCUT2D eigenvalue weighted by molar-refractivity contribution is 0.442. The molecule has 1 aromatic carbocycles. The topological polar surface area (TPSA) is 61.0 Å². The van der Waals surface area contributed by atoms with Gasteiger partial charge in [-0.2, -0.15) is 4.98 Å². The number of ether oxygens (including phenoxy) is 1. The number of nitrogens with two attached hydrogens (primary N) is 1. The number of nitrogens with zero attached hydrogens (tertiary/aromatic N) is 2. The highest BCUT2D eigenvalue weighted by Gasteiger charge is 2.21. The van der Waals surface area contributed by atoms with Crippen molar-refractivity contribution in [1.82, 2.24) is 9.97 Å². The van der Waals surface area contributed by atoms with Crippen molar-refractivity contribution in [3.63, 3.8) is 0 Å². The van der Waals surface area contributed by atoms with E-state index in [1.54, 1.807) is 0 Å². The van der Waals surface area contributed by atoms with Crippen LogP contribution >= 0.6 is 0 Å². The predicted molar refractivity (Wildman–Crippen MR) is 76.4 cm³/mol. The van der Waals surface area contributed by atoms with E-state index in [-0.39, 0.29) is 5.41 Å². The third kappa shape index (κ3) is 3.02. The molecule has 0 bridgehead atoms. The summed E-state index contributed by atoms with van der Waals surface area (Å²) in [4.78, 5) is 8.82. The summed E-state index contributed by atoms with van der Waals surface area (Å²) >= 11 is 0. The Morgan fingerprint density at radius 3 is 2.26 bits per heavy atom. The average Bonchev–Trinajstić information content (AvgIpc) is 2.34. The molecule has 1 heterocycles. The van der Waals surface area contributed by atoms with E-state index in [0.717, 1.165) is 11.3 Å². The van der Waals surface area contributed by atoms with Crippen molar-refractivity contribution in [3.05, 3.63) is 41.7 Å². The zero-order valence-electron chi connectivity index (χ0n) is 11.8. The van der Waals surface area contributed by atoms with Crippen LogP contribution in [0, 0.1) is 6.92 Å². The van der Waals surface area contributed by atoms with Gasteiger partial charge in [-0.25, -0.2) is 4.98 Å². The van der Waals surface area contributed by atoms with E-state index in [1.165, 1.54) is 0 Å². The van der Waals surface area contributed by atoms with Crippen molar-refractivity contribution in [2.45, 2.75) is 33.1 Å². The first kappa shape index (κ1) is 13.3. The fourth-order valence-corrected chi connectivity index (χ4v) is 1.55. The van der Waals surface area contributed by atoms with Crippen LogP contribution in [0.1, 0.15) is 32.2 Å². The Kier molecular flexibility index (Phi) is 3.42. The van der Waals surface area contributed by atoms with Gasteiger partial charge >= 0.3 is 0 Å². The van der Waals surface area contributed by atoms with E-state index in [1.807, 2.05) is 58.0 Å². The van der Waals surface area contributed by atoms with Crippen LogP contribution in [0.25, 0.3) is 0 Å². The molecule has 1 aromatic heterocycles. The average molecular weight is 257 g/mol. The maximum Gasteiger partial charge on any atom is 0.227 e. The van der Waals surface area contributed by atoms with Gasteiger partial charge in [-0.3, -0.25) is 0 Å². The molecule has 2 rings (SSSR count). The van der Waals surface area contributed by atoms with E-state index in [2.05, 4.69) is 9.97 Å². The maximum absolute atomic E-state index is 5.94. The first-order chi connectivity index (χ1) is 8.88. The molecule has 0 aliphatic carbocycles. The first-order valence-corrected chi connectivity index (χ1v) is 6.25. The van der Waals surface area contributed by atoms with E-state index in [9.17, 15) is 0 Å². The molecular formula is C15H19N3O. The Labute approximate surface area is 113 Å². The minimum Gasteiger partial charge on any atom is -0.439 e. The van der Waals surface area contributed by atoms with Crippen molar-refractivity contribution < 1.29 is 4.74 Å². The summed E-state index contributed by atoms with van der Waals surface area (Å²) in [6.07, 6.45) is 0. The minimum absolute atomic E-state index is 0.170. The zero-order valence-corrected chi connectivity index (χ0v) is 11.8. The number of anilines is 1.